The van der Waals surface area contributed by atoms with Gasteiger partial charge in [0.15, 0.2) is 0 Å². The maximum absolute atomic E-state index is 13.0. The number of halogens is 1. The number of benzene rings is 1. The van der Waals surface area contributed by atoms with Crippen LogP contribution >= 0.6 is 0 Å². The van der Waals surface area contributed by atoms with Crippen LogP contribution < -0.4 is 5.32 Å². The molecule has 1 nitrogen and oxygen atoms in total. The standard InChI is InChI=1S/C18H28FN/c1-4-20-18-10-7-15(13(2)3)12-16(18)11-14-5-8-17(19)9-6-14/h5-6,8-9,13,15-16,18,20H,4,7,10-12H2,1-3H3. The monoisotopic (exact) mass is 277 g/mol. The van der Waals surface area contributed by atoms with E-state index in [0.717, 1.165) is 24.8 Å². The van der Waals surface area contributed by atoms with Gasteiger partial charge in [-0.05, 0) is 67.7 Å². The van der Waals surface area contributed by atoms with E-state index in [-0.39, 0.29) is 5.82 Å². The molecule has 3 unspecified atom stereocenters. The van der Waals surface area contributed by atoms with Gasteiger partial charge in [0.1, 0.15) is 5.82 Å². The Morgan fingerprint density at radius 1 is 1.20 bits per heavy atom. The summed E-state index contributed by atoms with van der Waals surface area (Å²) >= 11 is 0. The van der Waals surface area contributed by atoms with Crippen molar-refractivity contribution in [3.8, 4) is 0 Å². The normalized spacial score (nSPS) is 26.9. The molecular weight excluding hydrogens is 249 g/mol. The highest BCUT2D eigenvalue weighted by molar-refractivity contribution is 5.17. The second-order valence-electron chi connectivity index (χ2n) is 6.57. The molecule has 0 heterocycles. The first-order valence-electron chi connectivity index (χ1n) is 8.08. The van der Waals surface area contributed by atoms with E-state index in [0.29, 0.717) is 12.0 Å². The van der Waals surface area contributed by atoms with E-state index in [1.54, 1.807) is 12.1 Å². The molecule has 0 radical (unpaired) electrons. The Labute approximate surface area is 123 Å². The fourth-order valence-corrected chi connectivity index (χ4v) is 3.59. The molecule has 0 spiro atoms. The summed E-state index contributed by atoms with van der Waals surface area (Å²) in [7, 11) is 0. The third kappa shape index (κ3) is 4.05. The highest BCUT2D eigenvalue weighted by atomic mass is 19.1. The molecule has 2 rings (SSSR count). The third-order valence-corrected chi connectivity index (χ3v) is 4.84. The smallest absolute Gasteiger partial charge is 0.123 e. The number of hydrogen-bond donors (Lipinski definition) is 1. The van der Waals surface area contributed by atoms with Crippen molar-refractivity contribution in [2.24, 2.45) is 17.8 Å². The zero-order valence-corrected chi connectivity index (χ0v) is 13.0. The molecule has 112 valence electrons. The van der Waals surface area contributed by atoms with Crippen molar-refractivity contribution in [1.82, 2.24) is 5.32 Å². The van der Waals surface area contributed by atoms with Crippen molar-refractivity contribution in [2.45, 2.75) is 52.5 Å². The first-order chi connectivity index (χ1) is 9.60. The Balaban J connectivity index is 2.04. The van der Waals surface area contributed by atoms with Crippen LogP contribution in [-0.2, 0) is 6.42 Å². The summed E-state index contributed by atoms with van der Waals surface area (Å²) < 4.78 is 13.0. The molecule has 0 saturated heterocycles. The lowest BCUT2D eigenvalue weighted by atomic mass is 9.71. The van der Waals surface area contributed by atoms with E-state index >= 15 is 0 Å². The minimum absolute atomic E-state index is 0.138. The Morgan fingerprint density at radius 3 is 2.50 bits per heavy atom. The van der Waals surface area contributed by atoms with E-state index in [4.69, 9.17) is 0 Å². The van der Waals surface area contributed by atoms with Crippen molar-refractivity contribution in [3.63, 3.8) is 0 Å². The number of rotatable bonds is 5. The van der Waals surface area contributed by atoms with Crippen molar-refractivity contribution in [3.05, 3.63) is 35.6 Å². The van der Waals surface area contributed by atoms with E-state index < -0.39 is 0 Å². The van der Waals surface area contributed by atoms with Gasteiger partial charge in [0.25, 0.3) is 0 Å². The zero-order valence-electron chi connectivity index (χ0n) is 13.0. The highest BCUT2D eigenvalue weighted by Gasteiger charge is 2.31. The molecule has 1 fully saturated rings. The lowest BCUT2D eigenvalue weighted by Crippen LogP contribution is -2.42. The fraction of sp³-hybridized carbons (Fsp3) is 0.667. The summed E-state index contributed by atoms with van der Waals surface area (Å²) in [6, 6.07) is 7.68. The van der Waals surface area contributed by atoms with Gasteiger partial charge in [-0.1, -0.05) is 32.9 Å². The molecule has 1 aliphatic carbocycles. The lowest BCUT2D eigenvalue weighted by Gasteiger charge is -2.38. The van der Waals surface area contributed by atoms with Crippen LogP contribution in [0.1, 0.15) is 45.6 Å². The molecule has 0 bridgehead atoms. The second kappa shape index (κ2) is 7.21. The summed E-state index contributed by atoms with van der Waals surface area (Å²) in [5.74, 6) is 2.16. The van der Waals surface area contributed by atoms with Gasteiger partial charge < -0.3 is 5.32 Å². The summed E-state index contributed by atoms with van der Waals surface area (Å²) in [5, 5.41) is 3.65. The van der Waals surface area contributed by atoms with Crippen molar-refractivity contribution in [1.29, 1.82) is 0 Å². The van der Waals surface area contributed by atoms with Crippen LogP contribution in [0.2, 0.25) is 0 Å². The van der Waals surface area contributed by atoms with Crippen LogP contribution in [0.4, 0.5) is 4.39 Å². The highest BCUT2D eigenvalue weighted by Crippen LogP contribution is 2.35. The minimum atomic E-state index is -0.138. The molecule has 1 saturated carbocycles. The van der Waals surface area contributed by atoms with Crippen LogP contribution in [0.3, 0.4) is 0 Å². The maximum atomic E-state index is 13.0. The molecule has 2 heteroatoms. The summed E-state index contributed by atoms with van der Waals surface area (Å²) in [6.07, 6.45) is 4.99. The molecule has 1 N–H and O–H groups in total. The van der Waals surface area contributed by atoms with Gasteiger partial charge in [0.2, 0.25) is 0 Å². The van der Waals surface area contributed by atoms with Crippen LogP contribution in [0.15, 0.2) is 24.3 Å². The maximum Gasteiger partial charge on any atom is 0.123 e. The summed E-state index contributed by atoms with van der Waals surface area (Å²) in [5.41, 5.74) is 1.27. The molecule has 0 aromatic heterocycles. The Kier molecular flexibility index (Phi) is 5.59. The van der Waals surface area contributed by atoms with Crippen LogP contribution in [0.5, 0.6) is 0 Å². The summed E-state index contributed by atoms with van der Waals surface area (Å²) in [6.45, 7) is 7.90. The lowest BCUT2D eigenvalue weighted by molar-refractivity contribution is 0.169. The van der Waals surface area contributed by atoms with Crippen LogP contribution in [0, 0.1) is 23.6 Å². The van der Waals surface area contributed by atoms with E-state index in [1.807, 2.05) is 12.1 Å². The van der Waals surface area contributed by atoms with Gasteiger partial charge in [-0.3, -0.25) is 0 Å². The largest absolute Gasteiger partial charge is 0.314 e. The molecule has 1 aromatic rings. The van der Waals surface area contributed by atoms with Gasteiger partial charge in [-0.2, -0.15) is 0 Å². The molecular formula is C18H28FN. The van der Waals surface area contributed by atoms with Gasteiger partial charge in [0.05, 0.1) is 0 Å². The first kappa shape index (κ1) is 15.5. The Hall–Kier alpha value is -0.890. The number of nitrogens with one attached hydrogen (secondary N) is 1. The fourth-order valence-electron chi connectivity index (χ4n) is 3.59. The summed E-state index contributed by atoms with van der Waals surface area (Å²) in [4.78, 5) is 0. The molecule has 20 heavy (non-hydrogen) atoms. The molecule has 1 aliphatic rings. The van der Waals surface area contributed by atoms with Gasteiger partial charge >= 0.3 is 0 Å². The average molecular weight is 277 g/mol. The van der Waals surface area contributed by atoms with E-state index in [9.17, 15) is 4.39 Å². The predicted octanol–water partition coefficient (Wildman–Crippen LogP) is 4.42. The van der Waals surface area contributed by atoms with Crippen molar-refractivity contribution >= 4 is 0 Å². The molecule has 0 aliphatic heterocycles. The molecule has 1 aromatic carbocycles. The van der Waals surface area contributed by atoms with E-state index in [2.05, 4.69) is 26.1 Å². The van der Waals surface area contributed by atoms with Crippen LogP contribution in [-0.4, -0.2) is 12.6 Å². The van der Waals surface area contributed by atoms with Gasteiger partial charge in [-0.15, -0.1) is 0 Å². The van der Waals surface area contributed by atoms with Crippen LogP contribution in [0.25, 0.3) is 0 Å². The second-order valence-corrected chi connectivity index (χ2v) is 6.57. The SMILES string of the molecule is CCNC1CCC(C(C)C)CC1Cc1ccc(F)cc1. The Morgan fingerprint density at radius 2 is 1.90 bits per heavy atom. The van der Waals surface area contributed by atoms with Crippen molar-refractivity contribution in [2.75, 3.05) is 6.54 Å². The van der Waals surface area contributed by atoms with Crippen molar-refractivity contribution < 1.29 is 4.39 Å². The molecule has 3 atom stereocenters. The Bertz CT molecular complexity index is 398. The zero-order chi connectivity index (χ0) is 14.5. The quantitative estimate of drug-likeness (QED) is 0.840. The van der Waals surface area contributed by atoms with Gasteiger partial charge in [-0.25, -0.2) is 4.39 Å². The number of hydrogen-bond acceptors (Lipinski definition) is 1. The third-order valence-electron chi connectivity index (χ3n) is 4.84. The first-order valence-corrected chi connectivity index (χ1v) is 8.08. The minimum Gasteiger partial charge on any atom is -0.314 e. The van der Waals surface area contributed by atoms with Gasteiger partial charge in [0, 0.05) is 6.04 Å². The van der Waals surface area contributed by atoms with E-state index in [1.165, 1.54) is 24.8 Å². The average Bonchev–Trinajstić information content (AvgIpc) is 2.43. The predicted molar refractivity (Wildman–Crippen MR) is 83.2 cm³/mol. The topological polar surface area (TPSA) is 12.0 Å². The molecule has 0 amide bonds.